The largest absolute Gasteiger partial charge is 0.367 e. The zero-order valence-corrected chi connectivity index (χ0v) is 15.7. The Morgan fingerprint density at radius 1 is 1.16 bits per heavy atom. The average molecular weight is 358 g/mol. The molecule has 0 aromatic carbocycles. The van der Waals surface area contributed by atoms with E-state index in [-0.39, 0.29) is 0 Å². The molecule has 5 nitrogen and oxygen atoms in total. The SMILES string of the molecule is Cn1ncc(-c2cc(N[C@H]3CC[C@H](N)CC3)ncc2S)c1CC1CC1. The van der Waals surface area contributed by atoms with Gasteiger partial charge in [-0.05, 0) is 56.9 Å². The lowest BCUT2D eigenvalue weighted by atomic mass is 9.92. The van der Waals surface area contributed by atoms with Crippen molar-refractivity contribution in [1.82, 2.24) is 14.8 Å². The van der Waals surface area contributed by atoms with Gasteiger partial charge in [-0.15, -0.1) is 12.6 Å². The molecule has 0 amide bonds. The van der Waals surface area contributed by atoms with Gasteiger partial charge in [0.1, 0.15) is 5.82 Å². The lowest BCUT2D eigenvalue weighted by molar-refractivity contribution is 0.410. The second-order valence-corrected chi connectivity index (χ2v) is 8.10. The summed E-state index contributed by atoms with van der Waals surface area (Å²) in [6, 6.07) is 2.96. The van der Waals surface area contributed by atoms with Crippen molar-refractivity contribution >= 4 is 18.4 Å². The Morgan fingerprint density at radius 2 is 1.92 bits per heavy atom. The minimum Gasteiger partial charge on any atom is -0.367 e. The Labute approximate surface area is 154 Å². The van der Waals surface area contributed by atoms with Gasteiger partial charge in [0.15, 0.2) is 0 Å². The molecule has 2 aromatic heterocycles. The minimum atomic E-state index is 0.363. The highest BCUT2D eigenvalue weighted by Crippen LogP contribution is 2.37. The Balaban J connectivity index is 1.57. The maximum Gasteiger partial charge on any atom is 0.126 e. The molecular formula is C19H27N5S. The zero-order chi connectivity index (χ0) is 17.4. The standard InChI is InChI=1S/C19H27N5S/c1-24-17(8-12-2-3-12)16(10-22-24)15-9-19(21-11-18(15)25)23-14-6-4-13(20)5-7-14/h9-14,25H,2-8,20H2,1H3,(H,21,23)/t13-,14-. The Morgan fingerprint density at radius 3 is 2.64 bits per heavy atom. The van der Waals surface area contributed by atoms with Crippen molar-refractivity contribution in [3.63, 3.8) is 0 Å². The first kappa shape index (κ1) is 16.9. The molecule has 0 atom stereocenters. The number of nitrogens with one attached hydrogen (secondary N) is 1. The molecule has 2 aliphatic rings. The quantitative estimate of drug-likeness (QED) is 0.717. The highest BCUT2D eigenvalue weighted by molar-refractivity contribution is 7.80. The molecule has 6 heteroatoms. The number of aromatic nitrogens is 3. The van der Waals surface area contributed by atoms with E-state index in [0.717, 1.165) is 54.3 Å². The zero-order valence-electron chi connectivity index (χ0n) is 14.8. The van der Waals surface area contributed by atoms with Gasteiger partial charge in [0.25, 0.3) is 0 Å². The summed E-state index contributed by atoms with van der Waals surface area (Å²) in [6.07, 6.45) is 12.0. The molecule has 2 saturated carbocycles. The van der Waals surface area contributed by atoms with E-state index in [2.05, 4.69) is 34.1 Å². The number of rotatable bonds is 5. The van der Waals surface area contributed by atoms with Crippen LogP contribution in [0.25, 0.3) is 11.1 Å². The number of pyridine rings is 1. The van der Waals surface area contributed by atoms with Crippen LogP contribution in [0, 0.1) is 5.92 Å². The number of aryl methyl sites for hydroxylation is 1. The fourth-order valence-corrected chi connectivity index (χ4v) is 3.98. The topological polar surface area (TPSA) is 68.8 Å². The summed E-state index contributed by atoms with van der Waals surface area (Å²) in [7, 11) is 2.03. The summed E-state index contributed by atoms with van der Waals surface area (Å²) >= 11 is 4.65. The van der Waals surface area contributed by atoms with Crippen LogP contribution in [0.2, 0.25) is 0 Å². The lowest BCUT2D eigenvalue weighted by Crippen LogP contribution is -2.33. The normalized spacial score (nSPS) is 23.6. The summed E-state index contributed by atoms with van der Waals surface area (Å²) in [5, 5.41) is 8.09. The molecule has 2 heterocycles. The number of hydrogen-bond donors (Lipinski definition) is 3. The molecule has 0 spiro atoms. The van der Waals surface area contributed by atoms with E-state index in [1.165, 1.54) is 24.1 Å². The van der Waals surface area contributed by atoms with Crippen molar-refractivity contribution < 1.29 is 0 Å². The highest BCUT2D eigenvalue weighted by Gasteiger charge is 2.26. The molecule has 0 aliphatic heterocycles. The Hall–Kier alpha value is -1.53. The van der Waals surface area contributed by atoms with E-state index in [9.17, 15) is 0 Å². The lowest BCUT2D eigenvalue weighted by Gasteiger charge is -2.27. The summed E-state index contributed by atoms with van der Waals surface area (Å²) in [4.78, 5) is 5.45. The third-order valence-corrected chi connectivity index (χ3v) is 5.89. The average Bonchev–Trinajstić information content (AvgIpc) is 3.35. The molecule has 2 fully saturated rings. The third-order valence-electron chi connectivity index (χ3n) is 5.54. The number of nitrogens with two attached hydrogens (primary N) is 1. The molecule has 2 aromatic rings. The van der Waals surface area contributed by atoms with Crippen molar-refractivity contribution in [3.05, 3.63) is 24.2 Å². The van der Waals surface area contributed by atoms with Crippen molar-refractivity contribution in [1.29, 1.82) is 0 Å². The molecule has 0 bridgehead atoms. The monoisotopic (exact) mass is 357 g/mol. The highest BCUT2D eigenvalue weighted by atomic mass is 32.1. The maximum atomic E-state index is 6.01. The molecule has 134 valence electrons. The van der Waals surface area contributed by atoms with Gasteiger partial charge in [0.05, 0.1) is 6.20 Å². The van der Waals surface area contributed by atoms with E-state index in [1.807, 2.05) is 24.1 Å². The first-order valence-corrected chi connectivity index (χ1v) is 9.77. The maximum absolute atomic E-state index is 6.01. The predicted octanol–water partition coefficient (Wildman–Crippen LogP) is 3.41. The van der Waals surface area contributed by atoms with Crippen LogP contribution >= 0.6 is 12.6 Å². The van der Waals surface area contributed by atoms with E-state index in [0.29, 0.717) is 12.1 Å². The first-order valence-electron chi connectivity index (χ1n) is 9.32. The van der Waals surface area contributed by atoms with Gasteiger partial charge >= 0.3 is 0 Å². The number of hydrogen-bond acceptors (Lipinski definition) is 5. The summed E-state index contributed by atoms with van der Waals surface area (Å²) < 4.78 is 2.01. The fourth-order valence-electron chi connectivity index (χ4n) is 3.74. The van der Waals surface area contributed by atoms with E-state index in [1.54, 1.807) is 0 Å². The van der Waals surface area contributed by atoms with Crippen LogP contribution in [-0.2, 0) is 13.5 Å². The van der Waals surface area contributed by atoms with Gasteiger partial charge in [0, 0.05) is 47.0 Å². The van der Waals surface area contributed by atoms with Gasteiger partial charge in [-0.2, -0.15) is 5.10 Å². The van der Waals surface area contributed by atoms with E-state index in [4.69, 9.17) is 5.73 Å². The molecule has 0 unspecified atom stereocenters. The molecule has 0 radical (unpaired) electrons. The first-order chi connectivity index (χ1) is 12.1. The van der Waals surface area contributed by atoms with Crippen LogP contribution in [0.5, 0.6) is 0 Å². The van der Waals surface area contributed by atoms with Crippen molar-refractivity contribution in [2.24, 2.45) is 18.7 Å². The third kappa shape index (κ3) is 3.85. The summed E-state index contributed by atoms with van der Waals surface area (Å²) in [6.45, 7) is 0. The van der Waals surface area contributed by atoms with Crippen LogP contribution in [-0.4, -0.2) is 26.8 Å². The van der Waals surface area contributed by atoms with Gasteiger partial charge in [-0.25, -0.2) is 4.98 Å². The van der Waals surface area contributed by atoms with Crippen LogP contribution in [0.4, 0.5) is 5.82 Å². The van der Waals surface area contributed by atoms with Crippen molar-refractivity contribution in [2.75, 3.05) is 5.32 Å². The minimum absolute atomic E-state index is 0.363. The fraction of sp³-hybridized carbons (Fsp3) is 0.579. The van der Waals surface area contributed by atoms with E-state index < -0.39 is 0 Å². The van der Waals surface area contributed by atoms with Crippen LogP contribution in [0.15, 0.2) is 23.4 Å². The molecular weight excluding hydrogens is 330 g/mol. The second kappa shape index (κ2) is 7.00. The molecule has 2 aliphatic carbocycles. The van der Waals surface area contributed by atoms with Gasteiger partial charge in [0.2, 0.25) is 0 Å². The summed E-state index contributed by atoms with van der Waals surface area (Å²) in [5.41, 5.74) is 9.63. The van der Waals surface area contributed by atoms with E-state index >= 15 is 0 Å². The molecule has 25 heavy (non-hydrogen) atoms. The molecule has 3 N–H and O–H groups in total. The van der Waals surface area contributed by atoms with Crippen LogP contribution in [0.3, 0.4) is 0 Å². The predicted molar refractivity (Wildman–Crippen MR) is 104 cm³/mol. The number of nitrogens with zero attached hydrogens (tertiary/aromatic N) is 3. The van der Waals surface area contributed by atoms with Gasteiger partial charge in [-0.3, -0.25) is 4.68 Å². The molecule has 0 saturated heterocycles. The van der Waals surface area contributed by atoms with Crippen LogP contribution < -0.4 is 11.1 Å². The van der Waals surface area contributed by atoms with Crippen LogP contribution in [0.1, 0.15) is 44.2 Å². The summed E-state index contributed by atoms with van der Waals surface area (Å²) in [5.74, 6) is 1.75. The Kier molecular flexibility index (Phi) is 4.73. The number of thiol groups is 1. The Bertz CT molecular complexity index is 744. The van der Waals surface area contributed by atoms with Crippen molar-refractivity contribution in [3.8, 4) is 11.1 Å². The number of anilines is 1. The van der Waals surface area contributed by atoms with Crippen molar-refractivity contribution in [2.45, 2.75) is 61.9 Å². The van der Waals surface area contributed by atoms with Gasteiger partial charge < -0.3 is 11.1 Å². The smallest absolute Gasteiger partial charge is 0.126 e. The molecule has 4 rings (SSSR count). The van der Waals surface area contributed by atoms with Gasteiger partial charge in [-0.1, -0.05) is 0 Å². The second-order valence-electron chi connectivity index (χ2n) is 7.62.